The van der Waals surface area contributed by atoms with Gasteiger partial charge >= 0.3 is 0 Å². The zero-order valence-electron chi connectivity index (χ0n) is 19.7. The third-order valence-electron chi connectivity index (χ3n) is 6.97. The summed E-state index contributed by atoms with van der Waals surface area (Å²) in [7, 11) is 2.04. The molecule has 0 spiro atoms. The van der Waals surface area contributed by atoms with Gasteiger partial charge in [0.1, 0.15) is 6.61 Å². The molecule has 0 bridgehead atoms. The molecule has 4 heterocycles. The molecule has 0 amide bonds. The zero-order chi connectivity index (χ0) is 22.9. The summed E-state index contributed by atoms with van der Waals surface area (Å²) in [5.74, 6) is 2.18. The number of para-hydroxylation sites is 2. The maximum Gasteiger partial charge on any atom is 0.178 e. The van der Waals surface area contributed by atoms with Gasteiger partial charge in [-0.2, -0.15) is 0 Å². The molecular weight excluding hydrogens is 416 g/mol. The van der Waals surface area contributed by atoms with Crippen LogP contribution in [-0.2, 0) is 13.6 Å². The Hall–Kier alpha value is -3.06. The summed E-state index contributed by atoms with van der Waals surface area (Å²) in [6.07, 6.45) is 5.97. The fraction of sp³-hybridized carbons (Fsp3) is 0.462. The Morgan fingerprint density at radius 1 is 1.21 bits per heavy atom. The summed E-state index contributed by atoms with van der Waals surface area (Å²) in [6.45, 7) is 7.57. The van der Waals surface area contributed by atoms with Gasteiger partial charge in [-0.05, 0) is 51.4 Å². The molecule has 2 aliphatic rings. The van der Waals surface area contributed by atoms with Crippen molar-refractivity contribution in [2.24, 2.45) is 7.05 Å². The van der Waals surface area contributed by atoms with E-state index < -0.39 is 0 Å². The lowest BCUT2D eigenvalue weighted by Crippen LogP contribution is -2.38. The minimum absolute atomic E-state index is 0.0885. The molecule has 2 atom stereocenters. The molecule has 7 nitrogen and oxygen atoms in total. The number of piperidine rings is 1. The average molecular weight is 449 g/mol. The van der Waals surface area contributed by atoms with Gasteiger partial charge in [0, 0.05) is 48.4 Å². The molecule has 0 aliphatic carbocycles. The highest BCUT2D eigenvalue weighted by atomic mass is 16.6. The van der Waals surface area contributed by atoms with Gasteiger partial charge < -0.3 is 18.6 Å². The molecule has 1 aromatic carbocycles. The van der Waals surface area contributed by atoms with Crippen molar-refractivity contribution in [2.75, 3.05) is 26.2 Å². The van der Waals surface area contributed by atoms with Crippen LogP contribution in [0.4, 0.5) is 0 Å². The standard InChI is InChI=1S/C26H32N4O3/c1-18-11-22(19(2)30(18)14-21-16-32-25-8-4-5-9-26(25)33-21)24(31)15-29-10-6-7-20(13-29)23-12-27-17-28(23)3/h4-5,8-9,11-12,17,20-21H,6-7,10,13-16H2,1-3H3. The van der Waals surface area contributed by atoms with Crippen molar-refractivity contribution in [2.45, 2.75) is 45.3 Å². The van der Waals surface area contributed by atoms with Crippen LogP contribution in [0.25, 0.3) is 0 Å². The van der Waals surface area contributed by atoms with Gasteiger partial charge in [-0.25, -0.2) is 4.98 Å². The Labute approximate surface area is 194 Å². The third-order valence-corrected chi connectivity index (χ3v) is 6.97. The maximum atomic E-state index is 13.3. The lowest BCUT2D eigenvalue weighted by atomic mass is 9.94. The maximum absolute atomic E-state index is 13.3. The average Bonchev–Trinajstić information content (AvgIpc) is 3.37. The van der Waals surface area contributed by atoms with E-state index in [1.54, 1.807) is 0 Å². The molecule has 5 rings (SSSR count). The van der Waals surface area contributed by atoms with Crippen molar-refractivity contribution in [3.05, 3.63) is 65.5 Å². The summed E-state index contributed by atoms with van der Waals surface area (Å²) < 4.78 is 16.3. The van der Waals surface area contributed by atoms with Crippen LogP contribution in [0, 0.1) is 13.8 Å². The third kappa shape index (κ3) is 4.42. The topological polar surface area (TPSA) is 61.5 Å². The van der Waals surface area contributed by atoms with Gasteiger partial charge in [-0.1, -0.05) is 12.1 Å². The minimum atomic E-state index is -0.0885. The quantitative estimate of drug-likeness (QED) is 0.538. The molecule has 174 valence electrons. The Morgan fingerprint density at radius 3 is 2.82 bits per heavy atom. The van der Waals surface area contributed by atoms with Gasteiger partial charge in [0.15, 0.2) is 23.4 Å². The van der Waals surface area contributed by atoms with Crippen LogP contribution < -0.4 is 9.47 Å². The van der Waals surface area contributed by atoms with Gasteiger partial charge in [0.2, 0.25) is 0 Å². The highest BCUT2D eigenvalue weighted by molar-refractivity contribution is 5.99. The van der Waals surface area contributed by atoms with Gasteiger partial charge in [-0.15, -0.1) is 0 Å². The van der Waals surface area contributed by atoms with E-state index in [0.717, 1.165) is 54.4 Å². The van der Waals surface area contributed by atoms with E-state index in [4.69, 9.17) is 9.47 Å². The van der Waals surface area contributed by atoms with Crippen LogP contribution in [0.1, 0.15) is 46.2 Å². The molecule has 7 heteroatoms. The monoisotopic (exact) mass is 448 g/mol. The molecular formula is C26H32N4O3. The van der Waals surface area contributed by atoms with Gasteiger partial charge in [0.05, 0.1) is 19.4 Å². The number of carbonyl (C=O) groups is 1. The van der Waals surface area contributed by atoms with Crippen LogP contribution in [0.3, 0.4) is 0 Å². The molecule has 33 heavy (non-hydrogen) atoms. The normalized spacial score (nSPS) is 20.7. The second-order valence-electron chi connectivity index (χ2n) is 9.32. The number of ether oxygens (including phenoxy) is 2. The molecule has 2 aliphatic heterocycles. The number of hydrogen-bond donors (Lipinski definition) is 0. The number of rotatable bonds is 6. The number of benzene rings is 1. The highest BCUT2D eigenvalue weighted by Crippen LogP contribution is 2.32. The van der Waals surface area contributed by atoms with Gasteiger partial charge in [0.25, 0.3) is 0 Å². The summed E-state index contributed by atoms with van der Waals surface area (Å²) in [4.78, 5) is 19.9. The van der Waals surface area contributed by atoms with Crippen LogP contribution in [0.15, 0.2) is 42.9 Å². The Morgan fingerprint density at radius 2 is 2.03 bits per heavy atom. The first-order valence-corrected chi connectivity index (χ1v) is 11.8. The van der Waals surface area contributed by atoms with Crippen molar-refractivity contribution in [3.63, 3.8) is 0 Å². The van der Waals surface area contributed by atoms with E-state index in [1.807, 2.05) is 56.8 Å². The van der Waals surface area contributed by atoms with E-state index in [-0.39, 0.29) is 11.9 Å². The molecule has 0 saturated carbocycles. The Balaban J connectivity index is 1.25. The number of nitrogens with zero attached hydrogens (tertiary/aromatic N) is 4. The van der Waals surface area contributed by atoms with Crippen molar-refractivity contribution in [1.82, 2.24) is 19.0 Å². The largest absolute Gasteiger partial charge is 0.486 e. The van der Waals surface area contributed by atoms with E-state index >= 15 is 0 Å². The van der Waals surface area contributed by atoms with E-state index in [9.17, 15) is 4.79 Å². The van der Waals surface area contributed by atoms with Crippen molar-refractivity contribution >= 4 is 5.78 Å². The smallest absolute Gasteiger partial charge is 0.178 e. The number of imidazole rings is 1. The number of ketones is 1. The molecule has 1 fully saturated rings. The number of Topliss-reactive ketones (excluding diaryl/α,β-unsaturated/α-hetero) is 1. The van der Waals surface area contributed by atoms with Crippen LogP contribution in [-0.4, -0.2) is 57.1 Å². The number of aromatic nitrogens is 3. The first kappa shape index (κ1) is 21.8. The van der Waals surface area contributed by atoms with Crippen molar-refractivity contribution in [1.29, 1.82) is 0 Å². The molecule has 1 saturated heterocycles. The Bertz CT molecular complexity index is 1150. The van der Waals surface area contributed by atoms with Crippen molar-refractivity contribution < 1.29 is 14.3 Å². The first-order chi connectivity index (χ1) is 16.0. The molecule has 3 aromatic rings. The summed E-state index contributed by atoms with van der Waals surface area (Å²) in [5.41, 5.74) is 4.14. The van der Waals surface area contributed by atoms with E-state index in [1.165, 1.54) is 5.69 Å². The predicted octanol–water partition coefficient (Wildman–Crippen LogP) is 3.74. The fourth-order valence-corrected chi connectivity index (χ4v) is 5.21. The lowest BCUT2D eigenvalue weighted by Gasteiger charge is -2.32. The molecule has 2 unspecified atom stereocenters. The zero-order valence-corrected chi connectivity index (χ0v) is 19.7. The number of fused-ring (bicyclic) bond motifs is 1. The first-order valence-electron chi connectivity index (χ1n) is 11.8. The van der Waals surface area contributed by atoms with E-state index in [0.29, 0.717) is 25.6 Å². The predicted molar refractivity (Wildman–Crippen MR) is 126 cm³/mol. The second-order valence-corrected chi connectivity index (χ2v) is 9.32. The fourth-order valence-electron chi connectivity index (χ4n) is 5.21. The SMILES string of the molecule is Cc1cc(C(=O)CN2CCCC(c3cncn3C)C2)c(C)n1CC1COc2ccccc2O1. The summed E-state index contributed by atoms with van der Waals surface area (Å²) >= 11 is 0. The van der Waals surface area contributed by atoms with Crippen LogP contribution in [0.2, 0.25) is 0 Å². The molecule has 2 aromatic heterocycles. The van der Waals surface area contributed by atoms with Gasteiger partial charge in [-0.3, -0.25) is 9.69 Å². The van der Waals surface area contributed by atoms with E-state index in [2.05, 4.69) is 25.9 Å². The minimum Gasteiger partial charge on any atom is -0.486 e. The number of aryl methyl sites for hydroxylation is 2. The molecule has 0 N–H and O–H groups in total. The second kappa shape index (κ2) is 9.06. The highest BCUT2D eigenvalue weighted by Gasteiger charge is 2.27. The van der Waals surface area contributed by atoms with Crippen molar-refractivity contribution in [3.8, 4) is 11.5 Å². The van der Waals surface area contributed by atoms with Crippen LogP contribution >= 0.6 is 0 Å². The number of carbonyl (C=O) groups excluding carboxylic acids is 1. The molecule has 0 radical (unpaired) electrons. The summed E-state index contributed by atoms with van der Waals surface area (Å²) in [6, 6.07) is 9.78. The number of likely N-dealkylation sites (tertiary alicyclic amines) is 1. The van der Waals surface area contributed by atoms with Crippen LogP contribution in [0.5, 0.6) is 11.5 Å². The number of hydrogen-bond acceptors (Lipinski definition) is 5. The Kier molecular flexibility index (Phi) is 5.98. The lowest BCUT2D eigenvalue weighted by molar-refractivity contribution is 0.0776. The summed E-state index contributed by atoms with van der Waals surface area (Å²) in [5, 5.41) is 0.